The standard InChI is InChI=1S/C14H14BrN3O/c1-17-13(18-9-11(15)7-14(18)19)8-12(16-17)10-5-3-2-4-6-10/h2-6,8,11H,7,9H2,1H3. The molecule has 2 aromatic rings. The van der Waals surface area contributed by atoms with Crippen LogP contribution in [0.4, 0.5) is 5.82 Å². The predicted octanol–water partition coefficient (Wildman–Crippen LogP) is 2.59. The summed E-state index contributed by atoms with van der Waals surface area (Å²) in [6.45, 7) is 0.701. The molecule has 1 aromatic carbocycles. The number of alkyl halides is 1. The Morgan fingerprint density at radius 2 is 2.05 bits per heavy atom. The van der Waals surface area contributed by atoms with E-state index in [1.54, 1.807) is 9.58 Å². The van der Waals surface area contributed by atoms with Crippen LogP contribution in [0.2, 0.25) is 0 Å². The molecule has 1 atom stereocenters. The summed E-state index contributed by atoms with van der Waals surface area (Å²) >= 11 is 3.50. The van der Waals surface area contributed by atoms with E-state index in [1.165, 1.54) is 0 Å². The lowest BCUT2D eigenvalue weighted by molar-refractivity contribution is -0.117. The normalized spacial score (nSPS) is 19.2. The Morgan fingerprint density at radius 3 is 2.68 bits per heavy atom. The summed E-state index contributed by atoms with van der Waals surface area (Å²) in [4.78, 5) is 14.0. The van der Waals surface area contributed by atoms with E-state index in [2.05, 4.69) is 21.0 Å². The van der Waals surface area contributed by atoms with Gasteiger partial charge in [0.15, 0.2) is 0 Å². The van der Waals surface area contributed by atoms with Crippen molar-refractivity contribution in [3.05, 3.63) is 36.4 Å². The quantitative estimate of drug-likeness (QED) is 0.798. The van der Waals surface area contributed by atoms with E-state index in [1.807, 2.05) is 43.4 Å². The maximum atomic E-state index is 11.9. The molecule has 19 heavy (non-hydrogen) atoms. The number of nitrogens with zero attached hydrogens (tertiary/aromatic N) is 3. The van der Waals surface area contributed by atoms with Gasteiger partial charge in [0.05, 0.1) is 5.69 Å². The Labute approximate surface area is 120 Å². The smallest absolute Gasteiger partial charge is 0.229 e. The molecule has 5 heteroatoms. The van der Waals surface area contributed by atoms with Gasteiger partial charge in [0, 0.05) is 36.5 Å². The molecule has 1 amide bonds. The van der Waals surface area contributed by atoms with Crippen molar-refractivity contribution in [1.29, 1.82) is 0 Å². The first kappa shape index (κ1) is 12.4. The lowest BCUT2D eigenvalue weighted by Crippen LogP contribution is -2.26. The number of benzene rings is 1. The summed E-state index contributed by atoms with van der Waals surface area (Å²) in [6, 6.07) is 12.0. The fraction of sp³-hybridized carbons (Fsp3) is 0.286. The maximum Gasteiger partial charge on any atom is 0.229 e. The van der Waals surface area contributed by atoms with Gasteiger partial charge in [-0.05, 0) is 0 Å². The summed E-state index contributed by atoms with van der Waals surface area (Å²) in [5.41, 5.74) is 1.95. The highest BCUT2D eigenvalue weighted by molar-refractivity contribution is 9.09. The highest BCUT2D eigenvalue weighted by Gasteiger charge is 2.30. The minimum atomic E-state index is 0.143. The van der Waals surface area contributed by atoms with Gasteiger partial charge >= 0.3 is 0 Å². The molecule has 1 aliphatic heterocycles. The molecule has 1 saturated heterocycles. The Morgan fingerprint density at radius 1 is 1.32 bits per heavy atom. The third kappa shape index (κ3) is 2.30. The van der Waals surface area contributed by atoms with Crippen LogP contribution in [-0.4, -0.2) is 27.1 Å². The van der Waals surface area contributed by atoms with Crippen LogP contribution >= 0.6 is 15.9 Å². The van der Waals surface area contributed by atoms with E-state index in [-0.39, 0.29) is 10.7 Å². The third-order valence-electron chi connectivity index (χ3n) is 3.28. The van der Waals surface area contributed by atoms with Gasteiger partial charge in [0.25, 0.3) is 0 Å². The molecular weight excluding hydrogens is 306 g/mol. The molecule has 98 valence electrons. The van der Waals surface area contributed by atoms with E-state index in [4.69, 9.17) is 0 Å². The van der Waals surface area contributed by atoms with Crippen molar-refractivity contribution < 1.29 is 4.79 Å². The first-order valence-corrected chi connectivity index (χ1v) is 7.10. The molecule has 1 unspecified atom stereocenters. The Hall–Kier alpha value is -1.62. The van der Waals surface area contributed by atoms with Crippen LogP contribution in [-0.2, 0) is 11.8 Å². The third-order valence-corrected chi connectivity index (χ3v) is 3.89. The van der Waals surface area contributed by atoms with Crippen molar-refractivity contribution in [3.8, 4) is 11.3 Å². The fourth-order valence-corrected chi connectivity index (χ4v) is 2.91. The Kier molecular flexibility index (Phi) is 3.14. The number of rotatable bonds is 2. The second-order valence-corrected chi connectivity index (χ2v) is 5.98. The van der Waals surface area contributed by atoms with Crippen molar-refractivity contribution in [2.75, 3.05) is 11.4 Å². The van der Waals surface area contributed by atoms with Crippen molar-refractivity contribution in [1.82, 2.24) is 9.78 Å². The van der Waals surface area contributed by atoms with E-state index in [0.29, 0.717) is 13.0 Å². The van der Waals surface area contributed by atoms with Crippen LogP contribution < -0.4 is 4.90 Å². The zero-order chi connectivity index (χ0) is 13.4. The molecule has 1 fully saturated rings. The van der Waals surface area contributed by atoms with E-state index in [0.717, 1.165) is 17.1 Å². The van der Waals surface area contributed by atoms with Crippen LogP contribution in [0, 0.1) is 0 Å². The maximum absolute atomic E-state index is 11.9. The van der Waals surface area contributed by atoms with Gasteiger partial charge in [-0.2, -0.15) is 5.10 Å². The lowest BCUT2D eigenvalue weighted by Gasteiger charge is -2.14. The topological polar surface area (TPSA) is 38.1 Å². The van der Waals surface area contributed by atoms with Crippen molar-refractivity contribution in [2.24, 2.45) is 7.05 Å². The number of aryl methyl sites for hydroxylation is 1. The zero-order valence-corrected chi connectivity index (χ0v) is 12.2. The minimum absolute atomic E-state index is 0.143. The van der Waals surface area contributed by atoms with Gasteiger partial charge in [-0.3, -0.25) is 14.4 Å². The molecule has 0 radical (unpaired) electrons. The highest BCUT2D eigenvalue weighted by atomic mass is 79.9. The first-order valence-electron chi connectivity index (χ1n) is 6.19. The fourth-order valence-electron chi connectivity index (χ4n) is 2.35. The Balaban J connectivity index is 1.96. The second-order valence-electron chi connectivity index (χ2n) is 4.68. The van der Waals surface area contributed by atoms with Crippen LogP contribution in [0.3, 0.4) is 0 Å². The van der Waals surface area contributed by atoms with Crippen LogP contribution in [0.25, 0.3) is 11.3 Å². The molecule has 3 rings (SSSR count). The van der Waals surface area contributed by atoms with Crippen molar-refractivity contribution in [3.63, 3.8) is 0 Å². The van der Waals surface area contributed by atoms with Gasteiger partial charge in [-0.1, -0.05) is 46.3 Å². The molecule has 4 nitrogen and oxygen atoms in total. The second kappa shape index (κ2) is 4.81. The molecule has 0 spiro atoms. The zero-order valence-electron chi connectivity index (χ0n) is 10.6. The number of hydrogen-bond acceptors (Lipinski definition) is 2. The summed E-state index contributed by atoms with van der Waals surface area (Å²) < 4.78 is 1.77. The highest BCUT2D eigenvalue weighted by Crippen LogP contribution is 2.28. The number of amides is 1. The number of carbonyl (C=O) groups is 1. The molecule has 2 heterocycles. The van der Waals surface area contributed by atoms with Gasteiger partial charge in [-0.25, -0.2) is 0 Å². The van der Waals surface area contributed by atoms with E-state index < -0.39 is 0 Å². The molecular formula is C14H14BrN3O. The molecule has 1 aromatic heterocycles. The number of anilines is 1. The number of carbonyl (C=O) groups excluding carboxylic acids is 1. The van der Waals surface area contributed by atoms with E-state index >= 15 is 0 Å². The van der Waals surface area contributed by atoms with Gasteiger partial charge in [0.1, 0.15) is 5.82 Å². The Bertz CT molecular complexity index is 608. The van der Waals surface area contributed by atoms with Crippen LogP contribution in [0.5, 0.6) is 0 Å². The van der Waals surface area contributed by atoms with Crippen molar-refractivity contribution >= 4 is 27.7 Å². The summed E-state index contributed by atoms with van der Waals surface area (Å²) in [6.07, 6.45) is 0.547. The largest absolute Gasteiger partial charge is 0.296 e. The molecule has 0 N–H and O–H groups in total. The SMILES string of the molecule is Cn1nc(-c2ccccc2)cc1N1CC(Br)CC1=O. The van der Waals surface area contributed by atoms with Crippen LogP contribution in [0.15, 0.2) is 36.4 Å². The number of halogens is 1. The van der Waals surface area contributed by atoms with Gasteiger partial charge < -0.3 is 0 Å². The summed E-state index contributed by atoms with van der Waals surface area (Å²) in [7, 11) is 1.87. The van der Waals surface area contributed by atoms with Crippen LogP contribution in [0.1, 0.15) is 6.42 Å². The lowest BCUT2D eigenvalue weighted by atomic mass is 10.1. The molecule has 0 aliphatic carbocycles. The van der Waals surface area contributed by atoms with E-state index in [9.17, 15) is 4.79 Å². The number of hydrogen-bond donors (Lipinski definition) is 0. The van der Waals surface area contributed by atoms with Crippen molar-refractivity contribution in [2.45, 2.75) is 11.2 Å². The summed E-state index contributed by atoms with van der Waals surface area (Å²) in [5, 5.41) is 4.49. The average molecular weight is 320 g/mol. The first-order chi connectivity index (χ1) is 9.15. The minimum Gasteiger partial charge on any atom is -0.296 e. The number of aromatic nitrogens is 2. The van der Waals surface area contributed by atoms with Gasteiger partial charge in [-0.15, -0.1) is 0 Å². The summed E-state index contributed by atoms with van der Waals surface area (Å²) in [5.74, 6) is 0.996. The molecule has 0 bridgehead atoms. The molecule has 0 saturated carbocycles. The molecule has 1 aliphatic rings. The monoisotopic (exact) mass is 319 g/mol. The average Bonchev–Trinajstić information content (AvgIpc) is 2.93. The van der Waals surface area contributed by atoms with Gasteiger partial charge in [0.2, 0.25) is 5.91 Å². The predicted molar refractivity (Wildman–Crippen MR) is 78.3 cm³/mol.